The van der Waals surface area contributed by atoms with Crippen molar-refractivity contribution in [2.24, 2.45) is 0 Å². The van der Waals surface area contributed by atoms with Crippen molar-refractivity contribution in [1.82, 2.24) is 10.2 Å². The highest BCUT2D eigenvalue weighted by molar-refractivity contribution is 7.10. The van der Waals surface area contributed by atoms with Gasteiger partial charge in [-0.3, -0.25) is 0 Å². The minimum absolute atomic E-state index is 0.326. The summed E-state index contributed by atoms with van der Waals surface area (Å²) in [5.74, 6) is -1.04. The minimum atomic E-state index is -1.04. The van der Waals surface area contributed by atoms with E-state index in [2.05, 4.69) is 11.4 Å². The van der Waals surface area contributed by atoms with Gasteiger partial charge < -0.3 is 15.3 Å². The second kappa shape index (κ2) is 5.88. The van der Waals surface area contributed by atoms with Crippen LogP contribution in [-0.2, 0) is 4.79 Å². The molecule has 2 rings (SSSR count). The maximum Gasteiger partial charge on any atom is 0.331 e. The molecule has 2 amide bonds. The van der Waals surface area contributed by atoms with Crippen LogP contribution >= 0.6 is 11.3 Å². The van der Waals surface area contributed by atoms with E-state index in [0.717, 1.165) is 12.0 Å². The fraction of sp³-hybridized carbons (Fsp3) is 0.385. The molecule has 0 bridgehead atoms. The van der Waals surface area contributed by atoms with Gasteiger partial charge >= 0.3 is 12.0 Å². The van der Waals surface area contributed by atoms with Crippen LogP contribution in [0.1, 0.15) is 24.3 Å². The summed E-state index contributed by atoms with van der Waals surface area (Å²) in [6.07, 6.45) is 2.91. The number of thiophene rings is 1. The van der Waals surface area contributed by atoms with Gasteiger partial charge in [-0.05, 0) is 24.8 Å². The van der Waals surface area contributed by atoms with E-state index in [-0.39, 0.29) is 6.03 Å². The summed E-state index contributed by atoms with van der Waals surface area (Å²) in [6.45, 7) is 3.15. The highest BCUT2D eigenvalue weighted by Crippen LogP contribution is 2.20. The molecule has 0 fully saturated rings. The van der Waals surface area contributed by atoms with Gasteiger partial charge in [0.05, 0.1) is 0 Å². The molecular weight excluding hydrogens is 264 g/mol. The zero-order valence-electron chi connectivity index (χ0n) is 10.6. The Hall–Kier alpha value is -1.82. The van der Waals surface area contributed by atoms with Crippen molar-refractivity contribution in [2.75, 3.05) is 13.1 Å². The fourth-order valence-electron chi connectivity index (χ4n) is 2.01. The molecule has 5 nitrogen and oxygen atoms in total. The van der Waals surface area contributed by atoms with E-state index in [4.69, 9.17) is 0 Å². The van der Waals surface area contributed by atoms with Crippen LogP contribution in [0, 0.1) is 0 Å². The number of urea groups is 1. The third-order valence-electron chi connectivity index (χ3n) is 2.96. The molecule has 1 aliphatic heterocycles. The summed E-state index contributed by atoms with van der Waals surface area (Å²) in [4.78, 5) is 25.6. The highest BCUT2D eigenvalue weighted by Gasteiger charge is 2.26. The lowest BCUT2D eigenvalue weighted by Crippen LogP contribution is -2.45. The molecule has 0 aromatic carbocycles. The van der Waals surface area contributed by atoms with Gasteiger partial charge in [0.15, 0.2) is 6.04 Å². The van der Waals surface area contributed by atoms with Crippen LogP contribution in [0.25, 0.3) is 0 Å². The fourth-order valence-corrected chi connectivity index (χ4v) is 2.78. The Morgan fingerprint density at radius 1 is 1.53 bits per heavy atom. The number of carboxylic acid groups (broad SMARTS) is 1. The van der Waals surface area contributed by atoms with E-state index in [1.54, 1.807) is 22.4 Å². The lowest BCUT2D eigenvalue weighted by molar-refractivity contribution is -0.139. The summed E-state index contributed by atoms with van der Waals surface area (Å²) in [5.41, 5.74) is 1.13. The molecule has 0 radical (unpaired) electrons. The van der Waals surface area contributed by atoms with E-state index in [9.17, 15) is 14.7 Å². The number of carbonyl (C=O) groups excluding carboxylic acids is 1. The van der Waals surface area contributed by atoms with Crippen LogP contribution in [0.2, 0.25) is 0 Å². The molecule has 1 atom stereocenters. The quantitative estimate of drug-likeness (QED) is 0.834. The molecule has 1 aromatic rings. The number of nitrogens with one attached hydrogen (secondary N) is 1. The summed E-state index contributed by atoms with van der Waals surface area (Å²) < 4.78 is 0. The van der Waals surface area contributed by atoms with Crippen molar-refractivity contribution in [3.63, 3.8) is 0 Å². The van der Waals surface area contributed by atoms with Gasteiger partial charge in [0.1, 0.15) is 0 Å². The van der Waals surface area contributed by atoms with Gasteiger partial charge in [-0.2, -0.15) is 0 Å². The smallest absolute Gasteiger partial charge is 0.331 e. The zero-order valence-corrected chi connectivity index (χ0v) is 11.4. The van der Waals surface area contributed by atoms with Crippen LogP contribution in [0.5, 0.6) is 0 Å². The first-order valence-electron chi connectivity index (χ1n) is 6.05. The summed E-state index contributed by atoms with van der Waals surface area (Å²) in [7, 11) is 0. The predicted octanol–water partition coefficient (Wildman–Crippen LogP) is 2.24. The molecule has 0 saturated carbocycles. The van der Waals surface area contributed by atoms with Gasteiger partial charge in [0.25, 0.3) is 0 Å². The summed E-state index contributed by atoms with van der Waals surface area (Å²) in [5, 5.41) is 13.6. The van der Waals surface area contributed by atoms with E-state index in [1.807, 2.05) is 6.92 Å². The molecule has 1 unspecified atom stereocenters. The number of hydrogen-bond donors (Lipinski definition) is 2. The molecule has 0 aliphatic carbocycles. The van der Waals surface area contributed by atoms with Crippen molar-refractivity contribution in [3.8, 4) is 0 Å². The first kappa shape index (κ1) is 13.6. The largest absolute Gasteiger partial charge is 0.479 e. The number of carbonyl (C=O) groups is 2. The number of amides is 2. The maximum absolute atomic E-state index is 12.1. The second-order valence-corrected chi connectivity index (χ2v) is 5.48. The lowest BCUT2D eigenvalue weighted by Gasteiger charge is -2.27. The average Bonchev–Trinajstić information content (AvgIpc) is 2.88. The first-order chi connectivity index (χ1) is 9.08. The number of rotatable bonds is 3. The van der Waals surface area contributed by atoms with Gasteiger partial charge in [0, 0.05) is 18.0 Å². The zero-order chi connectivity index (χ0) is 13.8. The summed E-state index contributed by atoms with van der Waals surface area (Å²) >= 11 is 1.32. The number of aliphatic carboxylic acids is 1. The molecule has 6 heteroatoms. The first-order valence-corrected chi connectivity index (χ1v) is 6.93. The molecule has 2 N–H and O–H groups in total. The Labute approximate surface area is 115 Å². The van der Waals surface area contributed by atoms with Crippen LogP contribution < -0.4 is 5.32 Å². The lowest BCUT2D eigenvalue weighted by atomic mass is 10.1. The van der Waals surface area contributed by atoms with E-state index < -0.39 is 12.0 Å². The van der Waals surface area contributed by atoms with Crippen molar-refractivity contribution in [3.05, 3.63) is 34.0 Å². The van der Waals surface area contributed by atoms with E-state index in [0.29, 0.717) is 18.0 Å². The molecular formula is C13H16N2O3S. The number of hydrogen-bond acceptors (Lipinski definition) is 3. The average molecular weight is 280 g/mol. The third-order valence-corrected chi connectivity index (χ3v) is 3.90. The minimum Gasteiger partial charge on any atom is -0.479 e. The summed E-state index contributed by atoms with van der Waals surface area (Å²) in [6, 6.07) is 2.19. The highest BCUT2D eigenvalue weighted by atomic mass is 32.1. The Morgan fingerprint density at radius 2 is 2.32 bits per heavy atom. The van der Waals surface area contributed by atoms with E-state index >= 15 is 0 Å². The van der Waals surface area contributed by atoms with Gasteiger partial charge in [-0.25, -0.2) is 9.59 Å². The number of carboxylic acids is 1. The van der Waals surface area contributed by atoms with Crippen molar-refractivity contribution in [2.45, 2.75) is 19.4 Å². The predicted molar refractivity (Wildman–Crippen MR) is 73.2 cm³/mol. The Bertz CT molecular complexity index is 496. The standard InChI is InChI=1S/C13H16N2O3S/c1-9-4-2-6-15(8-9)13(18)14-11(12(16)17)10-5-3-7-19-10/h3-5,7,11H,2,6,8H2,1H3,(H,14,18)(H,16,17). The second-order valence-electron chi connectivity index (χ2n) is 4.50. The SMILES string of the molecule is CC1=CCCN(C(=O)NC(C(=O)O)c2cccs2)C1. The monoisotopic (exact) mass is 280 g/mol. The van der Waals surface area contributed by atoms with Crippen molar-refractivity contribution in [1.29, 1.82) is 0 Å². The normalized spacial score (nSPS) is 16.7. The van der Waals surface area contributed by atoms with Crippen molar-refractivity contribution < 1.29 is 14.7 Å². The number of nitrogens with zero attached hydrogens (tertiary/aromatic N) is 1. The molecule has 19 heavy (non-hydrogen) atoms. The van der Waals surface area contributed by atoms with Gasteiger partial charge in [0.2, 0.25) is 0 Å². The molecule has 1 aromatic heterocycles. The van der Waals surface area contributed by atoms with Crippen LogP contribution in [0.4, 0.5) is 4.79 Å². The molecule has 2 heterocycles. The van der Waals surface area contributed by atoms with Crippen LogP contribution in [-0.4, -0.2) is 35.1 Å². The van der Waals surface area contributed by atoms with Crippen LogP contribution in [0.15, 0.2) is 29.2 Å². The van der Waals surface area contributed by atoms with Crippen molar-refractivity contribution >= 4 is 23.3 Å². The van der Waals surface area contributed by atoms with Gasteiger partial charge in [-0.15, -0.1) is 11.3 Å². The van der Waals surface area contributed by atoms with Crippen LogP contribution in [0.3, 0.4) is 0 Å². The van der Waals surface area contributed by atoms with Gasteiger partial charge in [-0.1, -0.05) is 17.7 Å². The molecule has 102 valence electrons. The molecule has 1 aliphatic rings. The molecule has 0 spiro atoms. The topological polar surface area (TPSA) is 69.6 Å². The Balaban J connectivity index is 2.04. The third kappa shape index (κ3) is 3.35. The maximum atomic E-state index is 12.1. The van der Waals surface area contributed by atoms with E-state index in [1.165, 1.54) is 11.3 Å². The Morgan fingerprint density at radius 3 is 2.89 bits per heavy atom. The molecule has 0 saturated heterocycles. The Kier molecular flexibility index (Phi) is 4.21.